The van der Waals surface area contributed by atoms with E-state index >= 15 is 0 Å². The number of benzene rings is 2. The van der Waals surface area contributed by atoms with E-state index in [1.54, 1.807) is 6.07 Å². The van der Waals surface area contributed by atoms with Crippen LogP contribution in [0.25, 0.3) is 11.0 Å². The molecule has 0 fully saturated rings. The number of hydrogen-bond donors (Lipinski definition) is 1. The third-order valence-electron chi connectivity index (χ3n) is 4.73. The van der Waals surface area contributed by atoms with Gasteiger partial charge in [-0.3, -0.25) is 4.79 Å². The molecule has 1 atom stereocenters. The molecule has 0 aliphatic rings. The molecule has 3 aromatic rings. The monoisotopic (exact) mass is 395 g/mol. The predicted octanol–water partition coefficient (Wildman–Crippen LogP) is 4.33. The van der Waals surface area contributed by atoms with Crippen molar-refractivity contribution in [3.8, 4) is 5.75 Å². The van der Waals surface area contributed by atoms with Gasteiger partial charge in [-0.2, -0.15) is 0 Å². The van der Waals surface area contributed by atoms with Crippen molar-refractivity contribution in [3.63, 3.8) is 0 Å². The fourth-order valence-corrected chi connectivity index (χ4v) is 2.74. The molecule has 1 N–H and O–H groups in total. The summed E-state index contributed by atoms with van der Waals surface area (Å²) >= 11 is 0. The minimum absolute atomic E-state index is 0.0118. The Balaban J connectivity index is 1.73. The lowest BCUT2D eigenvalue weighted by Crippen LogP contribution is -2.38. The van der Waals surface area contributed by atoms with Crippen molar-refractivity contribution in [2.24, 2.45) is 5.92 Å². The molecule has 152 valence electrons. The van der Waals surface area contributed by atoms with Gasteiger partial charge in [0.15, 0.2) is 6.61 Å². The Labute approximate surface area is 169 Å². The molecule has 1 unspecified atom stereocenters. The summed E-state index contributed by atoms with van der Waals surface area (Å²) in [5.41, 5.74) is 1.15. The fraction of sp³-hybridized carbons (Fsp3) is 0.304. The standard InChI is InChI=1S/C23H25NO5/c1-15(2)16(3)24-21(25)14-28-23(26)22-19(13-27-17-9-5-4-6-10-17)18-11-7-8-12-20(18)29-22/h4-12,15-16H,13-14H2,1-3H3,(H,24,25). The normalized spacial score (nSPS) is 12.0. The van der Waals surface area contributed by atoms with E-state index in [4.69, 9.17) is 13.9 Å². The first-order valence-electron chi connectivity index (χ1n) is 9.60. The van der Waals surface area contributed by atoms with Crippen molar-refractivity contribution in [1.29, 1.82) is 0 Å². The summed E-state index contributed by atoms with van der Waals surface area (Å²) in [7, 11) is 0. The van der Waals surface area contributed by atoms with Crippen LogP contribution in [0, 0.1) is 5.92 Å². The molecule has 1 aromatic heterocycles. The van der Waals surface area contributed by atoms with E-state index < -0.39 is 5.97 Å². The average molecular weight is 395 g/mol. The fourth-order valence-electron chi connectivity index (χ4n) is 2.74. The van der Waals surface area contributed by atoms with Gasteiger partial charge in [0.05, 0.1) is 5.56 Å². The number of carbonyl (C=O) groups excluding carboxylic acids is 2. The summed E-state index contributed by atoms with van der Waals surface area (Å²) in [5.74, 6) is -0.0318. The Morgan fingerprint density at radius 1 is 1.00 bits per heavy atom. The summed E-state index contributed by atoms with van der Waals surface area (Å²) in [6.07, 6.45) is 0. The maximum Gasteiger partial charge on any atom is 0.375 e. The second kappa shape index (κ2) is 9.28. The van der Waals surface area contributed by atoms with Gasteiger partial charge in [-0.05, 0) is 31.0 Å². The Hall–Kier alpha value is -3.28. The highest BCUT2D eigenvalue weighted by Crippen LogP contribution is 2.28. The molecule has 0 saturated heterocycles. The van der Waals surface area contributed by atoms with E-state index in [2.05, 4.69) is 5.32 Å². The number of esters is 1. The van der Waals surface area contributed by atoms with Crippen LogP contribution in [0.1, 0.15) is 36.9 Å². The third kappa shape index (κ3) is 5.16. The highest BCUT2D eigenvalue weighted by atomic mass is 16.5. The van der Waals surface area contributed by atoms with Gasteiger partial charge >= 0.3 is 5.97 Å². The van der Waals surface area contributed by atoms with Crippen molar-refractivity contribution in [2.75, 3.05) is 6.61 Å². The SMILES string of the molecule is CC(C)C(C)NC(=O)COC(=O)c1oc2ccccc2c1COc1ccccc1. The molecule has 0 bridgehead atoms. The van der Waals surface area contributed by atoms with E-state index in [0.29, 0.717) is 16.9 Å². The maximum atomic E-state index is 12.6. The first-order valence-corrected chi connectivity index (χ1v) is 9.60. The number of hydrogen-bond acceptors (Lipinski definition) is 5. The van der Waals surface area contributed by atoms with Crippen LogP contribution in [0.2, 0.25) is 0 Å². The van der Waals surface area contributed by atoms with Crippen LogP contribution < -0.4 is 10.1 Å². The highest BCUT2D eigenvalue weighted by molar-refractivity contribution is 5.96. The molecule has 29 heavy (non-hydrogen) atoms. The first-order chi connectivity index (χ1) is 14.0. The maximum absolute atomic E-state index is 12.6. The zero-order valence-corrected chi connectivity index (χ0v) is 16.8. The van der Waals surface area contributed by atoms with E-state index in [1.165, 1.54) is 0 Å². The Morgan fingerprint density at radius 3 is 2.41 bits per heavy atom. The summed E-state index contributed by atoms with van der Waals surface area (Å²) in [6, 6.07) is 16.6. The van der Waals surface area contributed by atoms with Crippen molar-refractivity contribution in [2.45, 2.75) is 33.4 Å². The molecule has 0 saturated carbocycles. The lowest BCUT2D eigenvalue weighted by Gasteiger charge is -2.17. The smallest absolute Gasteiger partial charge is 0.375 e. The highest BCUT2D eigenvalue weighted by Gasteiger charge is 2.23. The number of ether oxygens (including phenoxy) is 2. The zero-order valence-electron chi connectivity index (χ0n) is 16.8. The van der Waals surface area contributed by atoms with Gasteiger partial charge in [-0.15, -0.1) is 0 Å². The van der Waals surface area contributed by atoms with Gasteiger partial charge in [0.1, 0.15) is 17.9 Å². The van der Waals surface area contributed by atoms with E-state index in [9.17, 15) is 9.59 Å². The van der Waals surface area contributed by atoms with Crippen molar-refractivity contribution >= 4 is 22.8 Å². The Bertz CT molecular complexity index is 977. The molecule has 1 heterocycles. The molecular formula is C23H25NO5. The van der Waals surface area contributed by atoms with Crippen LogP contribution in [-0.2, 0) is 16.1 Å². The second-order valence-electron chi connectivity index (χ2n) is 7.18. The van der Waals surface area contributed by atoms with E-state index in [1.807, 2.05) is 69.3 Å². The average Bonchev–Trinajstić information content (AvgIpc) is 3.10. The van der Waals surface area contributed by atoms with Gasteiger partial charge in [0, 0.05) is 11.4 Å². The van der Waals surface area contributed by atoms with Crippen LogP contribution in [0.5, 0.6) is 5.75 Å². The molecule has 6 nitrogen and oxygen atoms in total. The lowest BCUT2D eigenvalue weighted by atomic mass is 10.1. The molecule has 2 aromatic carbocycles. The van der Waals surface area contributed by atoms with E-state index in [-0.39, 0.29) is 36.8 Å². The molecule has 0 radical (unpaired) electrons. The van der Waals surface area contributed by atoms with E-state index in [0.717, 1.165) is 5.39 Å². The minimum atomic E-state index is -0.694. The summed E-state index contributed by atoms with van der Waals surface area (Å²) in [5, 5.41) is 3.57. The molecule has 1 amide bonds. The Morgan fingerprint density at radius 2 is 1.69 bits per heavy atom. The van der Waals surface area contributed by atoms with Crippen molar-refractivity contribution < 1.29 is 23.5 Å². The van der Waals surface area contributed by atoms with Crippen LogP contribution in [0.3, 0.4) is 0 Å². The van der Waals surface area contributed by atoms with Gasteiger partial charge in [-0.25, -0.2) is 4.79 Å². The van der Waals surface area contributed by atoms with Crippen LogP contribution in [0.15, 0.2) is 59.0 Å². The van der Waals surface area contributed by atoms with Gasteiger partial charge in [0.2, 0.25) is 5.76 Å². The lowest BCUT2D eigenvalue weighted by molar-refractivity contribution is -0.125. The van der Waals surface area contributed by atoms with Crippen LogP contribution in [0.4, 0.5) is 0 Å². The summed E-state index contributed by atoms with van der Waals surface area (Å²) < 4.78 is 16.7. The van der Waals surface area contributed by atoms with Crippen LogP contribution >= 0.6 is 0 Å². The van der Waals surface area contributed by atoms with Crippen molar-refractivity contribution in [1.82, 2.24) is 5.32 Å². The molecule has 3 rings (SSSR count). The molecule has 6 heteroatoms. The number of fused-ring (bicyclic) bond motifs is 1. The third-order valence-corrected chi connectivity index (χ3v) is 4.73. The largest absolute Gasteiger partial charge is 0.489 e. The number of para-hydroxylation sites is 2. The molecule has 0 spiro atoms. The number of carbonyl (C=O) groups is 2. The molecular weight excluding hydrogens is 370 g/mol. The van der Waals surface area contributed by atoms with Crippen LogP contribution in [-0.4, -0.2) is 24.5 Å². The number of furan rings is 1. The molecule has 0 aliphatic heterocycles. The summed E-state index contributed by atoms with van der Waals surface area (Å²) in [6.45, 7) is 5.69. The minimum Gasteiger partial charge on any atom is -0.489 e. The number of nitrogens with one attached hydrogen (secondary N) is 1. The molecule has 0 aliphatic carbocycles. The van der Waals surface area contributed by atoms with Gasteiger partial charge in [-0.1, -0.05) is 50.2 Å². The van der Waals surface area contributed by atoms with Gasteiger partial charge < -0.3 is 19.2 Å². The quantitative estimate of drug-likeness (QED) is 0.575. The topological polar surface area (TPSA) is 77.8 Å². The summed E-state index contributed by atoms with van der Waals surface area (Å²) in [4.78, 5) is 24.6. The van der Waals surface area contributed by atoms with Gasteiger partial charge in [0.25, 0.3) is 5.91 Å². The Kier molecular flexibility index (Phi) is 6.54. The zero-order chi connectivity index (χ0) is 20.8. The second-order valence-corrected chi connectivity index (χ2v) is 7.18. The van der Waals surface area contributed by atoms with Crippen molar-refractivity contribution in [3.05, 3.63) is 65.9 Å². The predicted molar refractivity (Wildman–Crippen MR) is 110 cm³/mol. The number of amides is 1. The number of rotatable bonds is 8. The first kappa shape index (κ1) is 20.5.